The van der Waals surface area contributed by atoms with Crippen LogP contribution in [0, 0.1) is 6.92 Å². The topological polar surface area (TPSA) is 63.5 Å². The van der Waals surface area contributed by atoms with Gasteiger partial charge in [-0.3, -0.25) is 9.12 Å². The largest absolute Gasteiger partial charge is 0.281 e. The standard InChI is InChI=1S/C12H9Cl2N3O2S2/c1-7-8(13)3-2-4-9(7)16-21(18,19)11-10(14)15-12-17(11)5-6-20-12/h2-6,16H,1H3. The van der Waals surface area contributed by atoms with Crippen molar-refractivity contribution in [3.05, 3.63) is 45.5 Å². The molecule has 2 aromatic heterocycles. The van der Waals surface area contributed by atoms with Gasteiger partial charge in [0.15, 0.2) is 15.1 Å². The van der Waals surface area contributed by atoms with Crippen molar-refractivity contribution < 1.29 is 8.42 Å². The molecule has 0 aliphatic rings. The Labute approximate surface area is 135 Å². The van der Waals surface area contributed by atoms with Gasteiger partial charge in [-0.05, 0) is 24.6 Å². The number of hydrogen-bond donors (Lipinski definition) is 1. The molecule has 0 radical (unpaired) electrons. The SMILES string of the molecule is Cc1c(Cl)cccc1NS(=O)(=O)c1c(Cl)nc2sccn12. The Hall–Kier alpha value is -1.28. The highest BCUT2D eigenvalue weighted by molar-refractivity contribution is 7.92. The molecule has 3 aromatic rings. The third-order valence-electron chi connectivity index (χ3n) is 2.95. The summed E-state index contributed by atoms with van der Waals surface area (Å²) in [5.41, 5.74) is 1.05. The maximum absolute atomic E-state index is 12.6. The summed E-state index contributed by atoms with van der Waals surface area (Å²) in [6.07, 6.45) is 1.61. The van der Waals surface area contributed by atoms with Crippen molar-refractivity contribution in [3.8, 4) is 0 Å². The number of aromatic nitrogens is 2. The molecule has 1 aromatic carbocycles. The fourth-order valence-electron chi connectivity index (χ4n) is 1.89. The number of nitrogens with one attached hydrogen (secondary N) is 1. The number of benzene rings is 1. The van der Waals surface area contributed by atoms with Crippen molar-refractivity contribution in [2.45, 2.75) is 11.9 Å². The number of fused-ring (bicyclic) bond motifs is 1. The van der Waals surface area contributed by atoms with Crippen molar-refractivity contribution in [3.63, 3.8) is 0 Å². The Morgan fingerprint density at radius 1 is 1.33 bits per heavy atom. The third kappa shape index (κ3) is 2.50. The van der Waals surface area contributed by atoms with E-state index in [4.69, 9.17) is 23.2 Å². The first-order valence-corrected chi connectivity index (χ1v) is 8.91. The second kappa shape index (κ2) is 5.17. The van der Waals surface area contributed by atoms with Crippen molar-refractivity contribution >= 4 is 55.2 Å². The van der Waals surface area contributed by atoms with E-state index in [0.29, 0.717) is 21.2 Å². The average Bonchev–Trinajstić information content (AvgIpc) is 2.94. The Morgan fingerprint density at radius 2 is 2.10 bits per heavy atom. The number of sulfonamides is 1. The van der Waals surface area contributed by atoms with Crippen LogP contribution in [0.15, 0.2) is 34.8 Å². The van der Waals surface area contributed by atoms with Gasteiger partial charge in [0, 0.05) is 16.6 Å². The van der Waals surface area contributed by atoms with Crippen LogP contribution in [0.4, 0.5) is 5.69 Å². The monoisotopic (exact) mass is 361 g/mol. The normalized spacial score (nSPS) is 12.0. The zero-order chi connectivity index (χ0) is 15.2. The molecule has 0 aliphatic heterocycles. The van der Waals surface area contributed by atoms with Gasteiger partial charge in [-0.2, -0.15) is 8.42 Å². The maximum atomic E-state index is 12.6. The average molecular weight is 362 g/mol. The van der Waals surface area contributed by atoms with E-state index in [1.54, 1.807) is 36.7 Å². The van der Waals surface area contributed by atoms with E-state index in [2.05, 4.69) is 9.71 Å². The highest BCUT2D eigenvalue weighted by Gasteiger charge is 2.25. The molecule has 9 heteroatoms. The molecule has 1 N–H and O–H groups in total. The second-order valence-corrected chi connectivity index (χ2v) is 7.52. The number of hydrogen-bond acceptors (Lipinski definition) is 4. The van der Waals surface area contributed by atoms with Crippen molar-refractivity contribution in [1.82, 2.24) is 9.38 Å². The summed E-state index contributed by atoms with van der Waals surface area (Å²) < 4.78 is 29.1. The minimum atomic E-state index is -3.87. The molecule has 5 nitrogen and oxygen atoms in total. The summed E-state index contributed by atoms with van der Waals surface area (Å²) in [5, 5.41) is 2.08. The van der Waals surface area contributed by atoms with E-state index in [-0.39, 0.29) is 10.2 Å². The van der Waals surface area contributed by atoms with Gasteiger partial charge in [0.05, 0.1) is 5.69 Å². The number of halogens is 2. The van der Waals surface area contributed by atoms with Crippen LogP contribution < -0.4 is 4.72 Å². The number of imidazole rings is 1. The minimum absolute atomic E-state index is 0.0611. The summed E-state index contributed by atoms with van der Waals surface area (Å²) in [6.45, 7) is 1.73. The molecule has 0 bridgehead atoms. The van der Waals surface area contributed by atoms with E-state index < -0.39 is 10.0 Å². The smallest absolute Gasteiger partial charge is 0.278 e. The van der Waals surface area contributed by atoms with Crippen LogP contribution in [0.5, 0.6) is 0 Å². The molecule has 0 saturated carbocycles. The number of nitrogens with zero attached hydrogens (tertiary/aromatic N) is 2. The molecular formula is C12H9Cl2N3O2S2. The van der Waals surface area contributed by atoms with Crippen LogP contribution in [0.1, 0.15) is 5.56 Å². The first-order valence-electron chi connectivity index (χ1n) is 5.79. The lowest BCUT2D eigenvalue weighted by molar-refractivity contribution is 0.596. The Kier molecular flexibility index (Phi) is 3.61. The molecule has 2 heterocycles. The molecule has 0 aliphatic carbocycles. The van der Waals surface area contributed by atoms with Crippen LogP contribution in [-0.2, 0) is 10.0 Å². The minimum Gasteiger partial charge on any atom is -0.278 e. The lowest BCUT2D eigenvalue weighted by Crippen LogP contribution is -2.16. The lowest BCUT2D eigenvalue weighted by atomic mass is 10.2. The molecule has 0 saturated heterocycles. The van der Waals surface area contributed by atoms with E-state index in [1.807, 2.05) is 0 Å². The predicted octanol–water partition coefficient (Wildman–Crippen LogP) is 3.81. The van der Waals surface area contributed by atoms with E-state index >= 15 is 0 Å². The van der Waals surface area contributed by atoms with Gasteiger partial charge in [-0.15, -0.1) is 11.3 Å². The molecular weight excluding hydrogens is 353 g/mol. The van der Waals surface area contributed by atoms with Gasteiger partial charge in [-0.25, -0.2) is 4.98 Å². The number of anilines is 1. The molecule has 0 unspecified atom stereocenters. The third-order valence-corrected chi connectivity index (χ3v) is 5.87. The van der Waals surface area contributed by atoms with Crippen LogP contribution in [0.3, 0.4) is 0 Å². The lowest BCUT2D eigenvalue weighted by Gasteiger charge is -2.11. The number of rotatable bonds is 3. The van der Waals surface area contributed by atoms with Gasteiger partial charge in [0.1, 0.15) is 0 Å². The van der Waals surface area contributed by atoms with Gasteiger partial charge in [0.25, 0.3) is 10.0 Å². The zero-order valence-corrected chi connectivity index (χ0v) is 13.8. The molecule has 0 fully saturated rings. The summed E-state index contributed by atoms with van der Waals surface area (Å²) in [4.78, 5) is 4.54. The van der Waals surface area contributed by atoms with Crippen LogP contribution in [0.2, 0.25) is 10.2 Å². The van der Waals surface area contributed by atoms with Crippen molar-refractivity contribution in [2.24, 2.45) is 0 Å². The van der Waals surface area contributed by atoms with Crippen LogP contribution >= 0.6 is 34.5 Å². The summed E-state index contributed by atoms with van der Waals surface area (Å²) in [7, 11) is -3.87. The maximum Gasteiger partial charge on any atom is 0.281 e. The van der Waals surface area contributed by atoms with Gasteiger partial charge in [-0.1, -0.05) is 29.3 Å². The second-order valence-electron chi connectivity index (χ2n) is 4.28. The fourth-order valence-corrected chi connectivity index (χ4v) is 4.64. The highest BCUT2D eigenvalue weighted by Crippen LogP contribution is 2.29. The molecule has 21 heavy (non-hydrogen) atoms. The van der Waals surface area contributed by atoms with Crippen LogP contribution in [0.25, 0.3) is 4.96 Å². The Balaban J connectivity index is 2.11. The van der Waals surface area contributed by atoms with E-state index in [9.17, 15) is 8.42 Å². The fraction of sp³-hybridized carbons (Fsp3) is 0.0833. The van der Waals surface area contributed by atoms with Gasteiger partial charge >= 0.3 is 0 Å². The Bertz CT molecular complexity index is 931. The molecule has 0 spiro atoms. The zero-order valence-electron chi connectivity index (χ0n) is 10.7. The van der Waals surface area contributed by atoms with Gasteiger partial charge in [0.2, 0.25) is 0 Å². The molecule has 0 atom stereocenters. The molecule has 110 valence electrons. The van der Waals surface area contributed by atoms with Crippen molar-refractivity contribution in [2.75, 3.05) is 4.72 Å². The number of thiazole rings is 1. The summed E-state index contributed by atoms with van der Waals surface area (Å²) in [6, 6.07) is 5.00. The predicted molar refractivity (Wildman–Crippen MR) is 85.1 cm³/mol. The quantitative estimate of drug-likeness (QED) is 0.771. The summed E-state index contributed by atoms with van der Waals surface area (Å²) in [5.74, 6) is 0. The van der Waals surface area contributed by atoms with Crippen LogP contribution in [-0.4, -0.2) is 17.8 Å². The van der Waals surface area contributed by atoms with Gasteiger partial charge < -0.3 is 0 Å². The van der Waals surface area contributed by atoms with E-state index in [1.165, 1.54) is 15.7 Å². The molecule has 3 rings (SSSR count). The summed E-state index contributed by atoms with van der Waals surface area (Å²) >= 11 is 13.3. The first kappa shape index (κ1) is 14.6. The van der Waals surface area contributed by atoms with Crippen molar-refractivity contribution in [1.29, 1.82) is 0 Å². The Morgan fingerprint density at radius 3 is 2.86 bits per heavy atom. The van der Waals surface area contributed by atoms with E-state index in [0.717, 1.165) is 0 Å². The molecule has 0 amide bonds. The highest BCUT2D eigenvalue weighted by atomic mass is 35.5. The first-order chi connectivity index (χ1) is 9.90.